The lowest BCUT2D eigenvalue weighted by atomic mass is 10.0. The van der Waals surface area contributed by atoms with Crippen molar-refractivity contribution in [2.45, 2.75) is 38.5 Å². The topological polar surface area (TPSA) is 67.1 Å². The molecular weight excluding hydrogens is 323 g/mol. The Kier molecular flexibility index (Phi) is 4.70. The van der Waals surface area contributed by atoms with E-state index < -0.39 is 11.9 Å². The summed E-state index contributed by atoms with van der Waals surface area (Å²) in [5.74, 6) is 0.994. The van der Waals surface area contributed by atoms with E-state index >= 15 is 0 Å². The zero-order chi connectivity index (χ0) is 17.2. The normalized spacial score (nSPS) is 17.2. The minimum atomic E-state index is -4.46. The van der Waals surface area contributed by atoms with Crippen molar-refractivity contribution >= 4 is 5.82 Å². The van der Waals surface area contributed by atoms with Crippen LogP contribution >= 0.6 is 0 Å². The van der Waals surface area contributed by atoms with E-state index in [1.807, 2.05) is 13.0 Å². The van der Waals surface area contributed by atoms with E-state index in [0.717, 1.165) is 56.3 Å². The number of hydrogen-bond acceptors (Lipinski definition) is 6. The molecule has 0 atom stereocenters. The average Bonchev–Trinajstić information content (AvgIpc) is 2.94. The Morgan fingerprint density at radius 3 is 2.62 bits per heavy atom. The van der Waals surface area contributed by atoms with E-state index in [0.29, 0.717) is 0 Å². The summed E-state index contributed by atoms with van der Waals surface area (Å²) in [6, 6.07) is 2.95. The number of alkyl halides is 3. The molecule has 0 spiro atoms. The van der Waals surface area contributed by atoms with Crippen molar-refractivity contribution in [2.75, 3.05) is 18.4 Å². The van der Waals surface area contributed by atoms with Crippen LogP contribution in [0.2, 0.25) is 0 Å². The zero-order valence-electron chi connectivity index (χ0n) is 13.2. The van der Waals surface area contributed by atoms with Gasteiger partial charge in [-0.1, -0.05) is 5.16 Å². The van der Waals surface area contributed by atoms with Crippen LogP contribution in [0.3, 0.4) is 0 Å². The summed E-state index contributed by atoms with van der Waals surface area (Å²) in [7, 11) is 0. The third kappa shape index (κ3) is 4.22. The molecule has 1 saturated heterocycles. The fourth-order valence-corrected chi connectivity index (χ4v) is 2.76. The summed E-state index contributed by atoms with van der Waals surface area (Å²) in [5, 5.41) is 7.04. The fourth-order valence-electron chi connectivity index (χ4n) is 2.76. The molecule has 9 heteroatoms. The molecule has 1 aliphatic rings. The van der Waals surface area contributed by atoms with E-state index in [1.165, 1.54) is 0 Å². The van der Waals surface area contributed by atoms with Crippen molar-refractivity contribution in [3.05, 3.63) is 35.6 Å². The second-order valence-electron chi connectivity index (χ2n) is 5.91. The Morgan fingerprint density at radius 1 is 1.25 bits per heavy atom. The van der Waals surface area contributed by atoms with Gasteiger partial charge in [-0.15, -0.1) is 0 Å². The molecule has 0 amide bonds. The highest BCUT2D eigenvalue weighted by atomic mass is 19.4. The monoisotopic (exact) mass is 341 g/mol. The molecule has 2 aromatic rings. The summed E-state index contributed by atoms with van der Waals surface area (Å²) >= 11 is 0. The van der Waals surface area contributed by atoms with Gasteiger partial charge in [-0.2, -0.15) is 13.2 Å². The van der Waals surface area contributed by atoms with Gasteiger partial charge in [0.2, 0.25) is 0 Å². The smallest absolute Gasteiger partial charge is 0.367 e. The number of likely N-dealkylation sites (tertiary alicyclic amines) is 1. The van der Waals surface area contributed by atoms with Crippen LogP contribution in [-0.2, 0) is 12.7 Å². The summed E-state index contributed by atoms with van der Waals surface area (Å²) in [4.78, 5) is 9.39. The number of aromatic nitrogens is 3. The maximum absolute atomic E-state index is 12.7. The van der Waals surface area contributed by atoms with Crippen LogP contribution in [0.15, 0.2) is 23.0 Å². The van der Waals surface area contributed by atoms with Gasteiger partial charge in [-0.25, -0.2) is 9.97 Å². The molecule has 3 rings (SSSR count). The van der Waals surface area contributed by atoms with E-state index in [9.17, 15) is 13.2 Å². The van der Waals surface area contributed by atoms with Gasteiger partial charge in [0.25, 0.3) is 0 Å². The summed E-state index contributed by atoms with van der Waals surface area (Å²) in [5.41, 5.74) is -0.0385. The highest BCUT2D eigenvalue weighted by molar-refractivity contribution is 5.36. The van der Waals surface area contributed by atoms with Crippen LogP contribution in [0, 0.1) is 6.92 Å². The molecule has 1 N–H and O–H groups in total. The van der Waals surface area contributed by atoms with Crippen LogP contribution in [0.1, 0.15) is 30.0 Å². The van der Waals surface area contributed by atoms with E-state index in [2.05, 4.69) is 25.3 Å². The lowest BCUT2D eigenvalue weighted by molar-refractivity contribution is -0.141. The lowest BCUT2D eigenvalue weighted by Crippen LogP contribution is -2.38. The third-order valence-corrected chi connectivity index (χ3v) is 3.96. The predicted octanol–water partition coefficient (Wildman–Crippen LogP) is 2.87. The Bertz CT molecular complexity index is 680. The molecule has 0 bridgehead atoms. The van der Waals surface area contributed by atoms with Crippen LogP contribution in [-0.4, -0.2) is 39.2 Å². The molecule has 0 radical (unpaired) electrons. The summed E-state index contributed by atoms with van der Waals surface area (Å²) in [6.45, 7) is 4.24. The van der Waals surface area contributed by atoms with Gasteiger partial charge in [0, 0.05) is 37.8 Å². The molecule has 1 fully saturated rings. The summed E-state index contributed by atoms with van der Waals surface area (Å²) in [6.07, 6.45) is -1.88. The molecular formula is C15H18F3N5O. The van der Waals surface area contributed by atoms with E-state index in [4.69, 9.17) is 4.52 Å². The second-order valence-corrected chi connectivity index (χ2v) is 5.91. The first-order valence-corrected chi connectivity index (χ1v) is 7.70. The van der Waals surface area contributed by atoms with Crippen LogP contribution in [0.5, 0.6) is 0 Å². The molecule has 130 valence electrons. The summed E-state index contributed by atoms with van der Waals surface area (Å²) < 4.78 is 43.1. The lowest BCUT2D eigenvalue weighted by Gasteiger charge is -2.32. The number of aryl methyl sites for hydroxylation is 1. The molecule has 0 saturated carbocycles. The molecule has 0 aliphatic carbocycles. The largest absolute Gasteiger partial charge is 0.433 e. The van der Waals surface area contributed by atoms with Gasteiger partial charge >= 0.3 is 6.18 Å². The van der Waals surface area contributed by atoms with E-state index in [-0.39, 0.29) is 11.9 Å². The molecule has 6 nitrogen and oxygen atoms in total. The van der Waals surface area contributed by atoms with Gasteiger partial charge in [-0.05, 0) is 19.8 Å². The first kappa shape index (κ1) is 16.7. The zero-order valence-corrected chi connectivity index (χ0v) is 13.2. The number of nitrogens with zero attached hydrogens (tertiary/aromatic N) is 4. The van der Waals surface area contributed by atoms with Crippen LogP contribution < -0.4 is 5.32 Å². The van der Waals surface area contributed by atoms with Crippen LogP contribution in [0.4, 0.5) is 19.0 Å². The number of hydrogen-bond donors (Lipinski definition) is 1. The number of anilines is 1. The molecule has 24 heavy (non-hydrogen) atoms. The fraction of sp³-hybridized carbons (Fsp3) is 0.533. The first-order valence-electron chi connectivity index (χ1n) is 7.70. The van der Waals surface area contributed by atoms with Crippen molar-refractivity contribution in [3.63, 3.8) is 0 Å². The van der Waals surface area contributed by atoms with Gasteiger partial charge in [-0.3, -0.25) is 4.90 Å². The molecule has 2 aromatic heterocycles. The molecule has 3 heterocycles. The van der Waals surface area contributed by atoms with Crippen molar-refractivity contribution in [3.8, 4) is 0 Å². The molecule has 0 unspecified atom stereocenters. The van der Waals surface area contributed by atoms with Crippen molar-refractivity contribution < 1.29 is 17.7 Å². The second kappa shape index (κ2) is 6.76. The minimum absolute atomic E-state index is 0.0938. The predicted molar refractivity (Wildman–Crippen MR) is 80.2 cm³/mol. The third-order valence-electron chi connectivity index (χ3n) is 3.96. The average molecular weight is 341 g/mol. The minimum Gasteiger partial charge on any atom is -0.367 e. The maximum atomic E-state index is 12.7. The van der Waals surface area contributed by atoms with Gasteiger partial charge in [0.05, 0.1) is 5.69 Å². The van der Waals surface area contributed by atoms with Gasteiger partial charge < -0.3 is 9.84 Å². The number of halogens is 3. The number of rotatable bonds is 4. The van der Waals surface area contributed by atoms with Crippen molar-refractivity contribution in [1.82, 2.24) is 20.0 Å². The van der Waals surface area contributed by atoms with Gasteiger partial charge in [0.15, 0.2) is 0 Å². The standard InChI is InChI=1S/C15H18F3N5O/c1-10-6-12(22-24-10)8-23-4-2-11(3-5-23)21-14-7-13(15(16,17)18)19-9-20-14/h6-7,9,11H,2-5,8H2,1H3,(H,19,20,21). The number of piperidine rings is 1. The van der Waals surface area contributed by atoms with Gasteiger partial charge in [0.1, 0.15) is 23.6 Å². The molecule has 0 aromatic carbocycles. The number of nitrogens with one attached hydrogen (secondary N) is 1. The maximum Gasteiger partial charge on any atom is 0.433 e. The SMILES string of the molecule is Cc1cc(CN2CCC(Nc3cc(C(F)(F)F)ncn3)CC2)no1. The Balaban J connectivity index is 1.52. The first-order chi connectivity index (χ1) is 11.4. The van der Waals surface area contributed by atoms with E-state index in [1.54, 1.807) is 0 Å². The Morgan fingerprint density at radius 2 is 2.00 bits per heavy atom. The van der Waals surface area contributed by atoms with Crippen molar-refractivity contribution in [2.24, 2.45) is 0 Å². The highest BCUT2D eigenvalue weighted by Crippen LogP contribution is 2.28. The quantitative estimate of drug-likeness (QED) is 0.922. The molecule has 1 aliphatic heterocycles. The highest BCUT2D eigenvalue weighted by Gasteiger charge is 2.33. The van der Waals surface area contributed by atoms with Crippen LogP contribution in [0.25, 0.3) is 0 Å². The van der Waals surface area contributed by atoms with Crippen molar-refractivity contribution in [1.29, 1.82) is 0 Å². The Labute approximate surface area is 137 Å². The Hall–Kier alpha value is -2.16.